The van der Waals surface area contributed by atoms with E-state index in [9.17, 15) is 4.79 Å². The van der Waals surface area contributed by atoms with Crippen molar-refractivity contribution in [2.45, 2.75) is 45.1 Å². The maximum absolute atomic E-state index is 13.4. The molecule has 0 radical (unpaired) electrons. The molecule has 4 heteroatoms. The second-order valence-corrected chi connectivity index (χ2v) is 8.99. The van der Waals surface area contributed by atoms with Crippen molar-refractivity contribution in [3.8, 4) is 5.69 Å². The minimum absolute atomic E-state index is 0.0566. The lowest BCUT2D eigenvalue weighted by Gasteiger charge is -2.56. The Balaban J connectivity index is 1.31. The molecule has 136 valence electrons. The van der Waals surface area contributed by atoms with Gasteiger partial charge in [0.1, 0.15) is 0 Å². The topological polar surface area (TPSA) is 38.1 Å². The molecule has 0 atom stereocenters. The maximum Gasteiger partial charge on any atom is 0.228 e. The van der Waals surface area contributed by atoms with E-state index < -0.39 is 0 Å². The normalized spacial score (nSPS) is 32.0. The largest absolute Gasteiger partial charge is 0.341 e. The lowest BCUT2D eigenvalue weighted by molar-refractivity contribution is -0.156. The van der Waals surface area contributed by atoms with Gasteiger partial charge in [-0.3, -0.25) is 4.79 Å². The minimum atomic E-state index is -0.0566. The number of hydrogen-bond donors (Lipinski definition) is 0. The molecule has 2 aromatic rings. The van der Waals surface area contributed by atoms with Crippen LogP contribution in [0.2, 0.25) is 0 Å². The third-order valence-corrected chi connectivity index (χ3v) is 6.92. The molecular formula is C22H27N3O. The third kappa shape index (κ3) is 2.67. The third-order valence-electron chi connectivity index (χ3n) is 6.92. The summed E-state index contributed by atoms with van der Waals surface area (Å²) in [6.45, 7) is 0.646. The molecule has 0 N–H and O–H groups in total. The van der Waals surface area contributed by atoms with E-state index in [2.05, 4.69) is 5.10 Å². The molecule has 1 aromatic carbocycles. The number of para-hydroxylation sites is 1. The molecule has 4 saturated carbocycles. The van der Waals surface area contributed by atoms with Gasteiger partial charge >= 0.3 is 0 Å². The first kappa shape index (κ1) is 16.1. The maximum atomic E-state index is 13.4. The predicted molar refractivity (Wildman–Crippen MR) is 101 cm³/mol. The van der Waals surface area contributed by atoms with Gasteiger partial charge in [0, 0.05) is 25.4 Å². The number of carbonyl (C=O) groups excluding carboxylic acids is 1. The van der Waals surface area contributed by atoms with Crippen molar-refractivity contribution >= 4 is 5.91 Å². The van der Waals surface area contributed by atoms with Gasteiger partial charge in [-0.15, -0.1) is 0 Å². The lowest BCUT2D eigenvalue weighted by Crippen LogP contribution is -2.53. The molecule has 1 heterocycles. The first-order valence-corrected chi connectivity index (χ1v) is 9.96. The van der Waals surface area contributed by atoms with Gasteiger partial charge in [0.25, 0.3) is 0 Å². The van der Waals surface area contributed by atoms with E-state index in [1.54, 1.807) is 0 Å². The van der Waals surface area contributed by atoms with Crippen molar-refractivity contribution in [3.63, 3.8) is 0 Å². The molecule has 4 bridgehead atoms. The second kappa shape index (κ2) is 5.97. The SMILES string of the molecule is CN(Cc1cnn(-c2ccccc2)c1)C(=O)C12CC3CC(CC(C3)C1)C2. The summed E-state index contributed by atoms with van der Waals surface area (Å²) in [5.74, 6) is 2.79. The van der Waals surface area contributed by atoms with Crippen LogP contribution in [-0.4, -0.2) is 27.6 Å². The number of carbonyl (C=O) groups is 1. The summed E-state index contributed by atoms with van der Waals surface area (Å²) in [5.41, 5.74) is 2.09. The summed E-state index contributed by atoms with van der Waals surface area (Å²) >= 11 is 0. The summed E-state index contributed by atoms with van der Waals surface area (Å²) < 4.78 is 1.89. The summed E-state index contributed by atoms with van der Waals surface area (Å²) in [6.07, 6.45) is 11.4. The van der Waals surface area contributed by atoms with Crippen LogP contribution in [0.4, 0.5) is 0 Å². The molecular weight excluding hydrogens is 322 g/mol. The molecule has 6 rings (SSSR count). The van der Waals surface area contributed by atoms with E-state index in [4.69, 9.17) is 0 Å². The molecule has 0 aliphatic heterocycles. The van der Waals surface area contributed by atoms with Gasteiger partial charge in [0.15, 0.2) is 0 Å². The smallest absolute Gasteiger partial charge is 0.228 e. The van der Waals surface area contributed by atoms with E-state index >= 15 is 0 Å². The molecule has 4 nitrogen and oxygen atoms in total. The van der Waals surface area contributed by atoms with Crippen LogP contribution in [0.25, 0.3) is 5.69 Å². The Bertz CT molecular complexity index is 775. The van der Waals surface area contributed by atoms with E-state index in [1.165, 1.54) is 19.3 Å². The second-order valence-electron chi connectivity index (χ2n) is 8.99. The first-order valence-electron chi connectivity index (χ1n) is 9.96. The van der Waals surface area contributed by atoms with Crippen LogP contribution in [-0.2, 0) is 11.3 Å². The van der Waals surface area contributed by atoms with Crippen molar-refractivity contribution in [2.24, 2.45) is 23.2 Å². The fourth-order valence-electron chi connectivity index (χ4n) is 6.29. The van der Waals surface area contributed by atoms with Crippen LogP contribution < -0.4 is 0 Å². The van der Waals surface area contributed by atoms with Gasteiger partial charge in [-0.05, 0) is 68.4 Å². The van der Waals surface area contributed by atoms with Crippen molar-refractivity contribution < 1.29 is 4.79 Å². The molecule has 0 saturated heterocycles. The van der Waals surface area contributed by atoms with Crippen LogP contribution in [0.5, 0.6) is 0 Å². The van der Waals surface area contributed by atoms with Gasteiger partial charge in [-0.2, -0.15) is 5.10 Å². The Morgan fingerprint density at radius 2 is 1.73 bits per heavy atom. The highest BCUT2D eigenvalue weighted by Crippen LogP contribution is 2.60. The number of rotatable bonds is 4. The Kier molecular flexibility index (Phi) is 3.70. The highest BCUT2D eigenvalue weighted by Gasteiger charge is 2.55. The summed E-state index contributed by atoms with van der Waals surface area (Å²) in [7, 11) is 1.97. The van der Waals surface area contributed by atoms with E-state index in [1.807, 2.05) is 59.4 Å². The zero-order valence-corrected chi connectivity index (χ0v) is 15.5. The molecule has 26 heavy (non-hydrogen) atoms. The summed E-state index contributed by atoms with van der Waals surface area (Å²) in [6, 6.07) is 10.1. The van der Waals surface area contributed by atoms with Gasteiger partial charge in [0.05, 0.1) is 17.3 Å². The highest BCUT2D eigenvalue weighted by molar-refractivity contribution is 5.83. The average Bonchev–Trinajstić information content (AvgIpc) is 3.09. The Morgan fingerprint density at radius 1 is 1.12 bits per heavy atom. The molecule has 4 aliphatic carbocycles. The van der Waals surface area contributed by atoms with Crippen LogP contribution in [0.15, 0.2) is 42.7 Å². The Labute approximate surface area is 155 Å². The Morgan fingerprint density at radius 3 is 2.35 bits per heavy atom. The molecule has 0 unspecified atom stereocenters. The van der Waals surface area contributed by atoms with E-state index in [0.717, 1.165) is 48.3 Å². The first-order chi connectivity index (χ1) is 12.6. The molecule has 1 aromatic heterocycles. The molecule has 4 aliphatic rings. The van der Waals surface area contributed by atoms with Crippen molar-refractivity contribution in [2.75, 3.05) is 7.05 Å². The zero-order chi connectivity index (χ0) is 17.7. The average molecular weight is 349 g/mol. The number of benzene rings is 1. The van der Waals surface area contributed by atoms with Crippen molar-refractivity contribution in [3.05, 3.63) is 48.3 Å². The van der Waals surface area contributed by atoms with Gasteiger partial charge in [0.2, 0.25) is 5.91 Å². The van der Waals surface area contributed by atoms with Crippen molar-refractivity contribution in [1.29, 1.82) is 0 Å². The minimum Gasteiger partial charge on any atom is -0.341 e. The molecule has 0 spiro atoms. The highest BCUT2D eigenvalue weighted by atomic mass is 16.2. The standard InChI is InChI=1S/C22H27N3O/c1-24(14-19-13-23-25(15-19)20-5-3-2-4-6-20)21(26)22-10-16-7-17(11-22)9-18(8-16)12-22/h2-6,13,15-18H,7-12,14H2,1H3. The monoisotopic (exact) mass is 349 g/mol. The summed E-state index contributed by atoms with van der Waals surface area (Å²) in [5, 5.41) is 4.47. The zero-order valence-electron chi connectivity index (χ0n) is 15.5. The fourth-order valence-corrected chi connectivity index (χ4v) is 6.29. The van der Waals surface area contributed by atoms with Crippen molar-refractivity contribution in [1.82, 2.24) is 14.7 Å². The number of aromatic nitrogens is 2. The predicted octanol–water partition coefficient (Wildman–Crippen LogP) is 4.05. The van der Waals surface area contributed by atoms with Crippen LogP contribution in [0, 0.1) is 23.2 Å². The van der Waals surface area contributed by atoms with Gasteiger partial charge in [-0.25, -0.2) is 4.68 Å². The molecule has 1 amide bonds. The number of amides is 1. The Hall–Kier alpha value is -2.10. The fraction of sp³-hybridized carbons (Fsp3) is 0.545. The number of nitrogens with zero attached hydrogens (tertiary/aromatic N) is 3. The number of hydrogen-bond acceptors (Lipinski definition) is 2. The molecule has 4 fully saturated rings. The van der Waals surface area contributed by atoms with Gasteiger partial charge < -0.3 is 4.90 Å². The quantitative estimate of drug-likeness (QED) is 0.835. The van der Waals surface area contributed by atoms with Crippen LogP contribution in [0.3, 0.4) is 0 Å². The van der Waals surface area contributed by atoms with Crippen LogP contribution >= 0.6 is 0 Å². The summed E-state index contributed by atoms with van der Waals surface area (Å²) in [4.78, 5) is 15.3. The van der Waals surface area contributed by atoms with E-state index in [0.29, 0.717) is 12.5 Å². The lowest BCUT2D eigenvalue weighted by atomic mass is 9.49. The van der Waals surface area contributed by atoms with Crippen LogP contribution in [0.1, 0.15) is 44.1 Å². The van der Waals surface area contributed by atoms with Gasteiger partial charge in [-0.1, -0.05) is 18.2 Å². The van der Waals surface area contributed by atoms with E-state index in [-0.39, 0.29) is 5.41 Å².